The number of hydrogen-bond donors (Lipinski definition) is 2. The quantitative estimate of drug-likeness (QED) is 0.216. The molecular formula is C39H46ClN3O8S. The van der Waals surface area contributed by atoms with E-state index in [1.165, 1.54) is 41.5 Å². The number of benzene rings is 1. The van der Waals surface area contributed by atoms with Crippen LogP contribution in [0.5, 0.6) is 5.75 Å². The van der Waals surface area contributed by atoms with Crippen LogP contribution in [-0.2, 0) is 19.1 Å². The number of fused-ring (bicyclic) bond motifs is 6. The fourth-order valence-corrected chi connectivity index (χ4v) is 12.6. The van der Waals surface area contributed by atoms with E-state index in [1.807, 2.05) is 6.08 Å². The van der Waals surface area contributed by atoms with E-state index in [9.17, 15) is 24.3 Å². The van der Waals surface area contributed by atoms with E-state index in [2.05, 4.69) is 17.4 Å². The standard InChI is InChI=1S/C39H46ClN3O8S/c1-19-30(34(45)41-32-35(46)43-33(37(47)48)38(2,3)52-36(32)43)31(42-51-19)21-6-11-28(27(40)18-21)49-15-16-50-29-12-10-26-25-8-5-20-17-22(44)7-9-23(20)24(25)13-14-39(26,29)4/h6,11,17-18,23-26,29,32-33,36H,5,7-10,12-16H2,1-4H3,(H,41,45)(H,47,48). The Morgan fingerprint density at radius 1 is 1.10 bits per heavy atom. The van der Waals surface area contributed by atoms with Crippen LogP contribution in [0, 0.1) is 36.0 Å². The summed E-state index contributed by atoms with van der Waals surface area (Å²) in [5.74, 6) is 1.72. The third-order valence-electron chi connectivity index (χ3n) is 13.1. The molecule has 2 saturated heterocycles. The number of amides is 2. The van der Waals surface area contributed by atoms with E-state index in [1.54, 1.807) is 39.0 Å². The number of nitrogens with one attached hydrogen (secondary N) is 1. The molecule has 3 saturated carbocycles. The number of nitrogens with zero attached hydrogens (tertiary/aromatic N) is 2. The molecule has 0 spiro atoms. The van der Waals surface area contributed by atoms with E-state index in [4.69, 9.17) is 25.6 Å². The molecule has 2 amide bonds. The molecule has 11 nitrogen and oxygen atoms in total. The molecular weight excluding hydrogens is 706 g/mol. The smallest absolute Gasteiger partial charge is 0.327 e. The van der Waals surface area contributed by atoms with Gasteiger partial charge < -0.3 is 29.3 Å². The topological polar surface area (TPSA) is 148 Å². The molecule has 2 aliphatic heterocycles. The molecule has 13 heteroatoms. The van der Waals surface area contributed by atoms with Gasteiger partial charge in [-0.3, -0.25) is 14.4 Å². The monoisotopic (exact) mass is 751 g/mol. The molecule has 6 aliphatic rings. The molecule has 8 rings (SSSR count). The second kappa shape index (κ2) is 13.2. The average molecular weight is 752 g/mol. The lowest BCUT2D eigenvalue weighted by Crippen LogP contribution is -2.70. The summed E-state index contributed by atoms with van der Waals surface area (Å²) in [6.07, 6.45) is 10.8. The highest BCUT2D eigenvalue weighted by molar-refractivity contribution is 8.01. The highest BCUT2D eigenvalue weighted by Gasteiger charge is 2.64. The van der Waals surface area contributed by atoms with Crippen LogP contribution >= 0.6 is 23.4 Å². The molecule has 5 fully saturated rings. The zero-order chi connectivity index (χ0) is 36.7. The molecule has 9 unspecified atom stereocenters. The van der Waals surface area contributed by atoms with Crippen molar-refractivity contribution in [1.82, 2.24) is 15.4 Å². The largest absolute Gasteiger partial charge is 0.490 e. The van der Waals surface area contributed by atoms with Crippen molar-refractivity contribution < 1.29 is 38.3 Å². The molecule has 3 heterocycles. The van der Waals surface area contributed by atoms with Gasteiger partial charge in [0.1, 0.15) is 46.8 Å². The highest BCUT2D eigenvalue weighted by Crippen LogP contribution is 2.62. The minimum absolute atomic E-state index is 0.157. The summed E-state index contributed by atoms with van der Waals surface area (Å²) in [6, 6.07) is 3.33. The Kier molecular flexibility index (Phi) is 9.05. The van der Waals surface area contributed by atoms with Gasteiger partial charge >= 0.3 is 5.97 Å². The van der Waals surface area contributed by atoms with Crippen LogP contribution in [-0.4, -0.2) is 80.3 Å². The Balaban J connectivity index is 0.866. The van der Waals surface area contributed by atoms with Crippen molar-refractivity contribution in [3.05, 3.63) is 46.2 Å². The maximum Gasteiger partial charge on any atom is 0.327 e. The van der Waals surface area contributed by atoms with E-state index < -0.39 is 40.0 Å². The number of carbonyl (C=O) groups excluding carboxylic acids is 3. The van der Waals surface area contributed by atoms with Crippen molar-refractivity contribution in [2.45, 2.75) is 107 Å². The van der Waals surface area contributed by atoms with Gasteiger partial charge in [-0.2, -0.15) is 0 Å². The number of ketones is 1. The summed E-state index contributed by atoms with van der Waals surface area (Å²) in [4.78, 5) is 51.8. The predicted molar refractivity (Wildman–Crippen MR) is 194 cm³/mol. The number of aliphatic carboxylic acids is 1. The number of β-lactam (4-membered cyclic amide) rings is 1. The van der Waals surface area contributed by atoms with Crippen molar-refractivity contribution in [2.24, 2.45) is 29.1 Å². The third kappa shape index (κ3) is 5.78. The maximum atomic E-state index is 13.5. The number of aromatic nitrogens is 1. The summed E-state index contributed by atoms with van der Waals surface area (Å²) in [6.45, 7) is 8.41. The summed E-state index contributed by atoms with van der Waals surface area (Å²) < 4.78 is 17.3. The van der Waals surface area contributed by atoms with E-state index in [-0.39, 0.29) is 28.5 Å². The Morgan fingerprint density at radius 2 is 1.90 bits per heavy atom. The van der Waals surface area contributed by atoms with Crippen LogP contribution in [0.15, 0.2) is 34.4 Å². The van der Waals surface area contributed by atoms with Crippen LogP contribution in [0.4, 0.5) is 0 Å². The summed E-state index contributed by atoms with van der Waals surface area (Å²) in [5.41, 5.74) is 2.58. The van der Waals surface area contributed by atoms with Crippen molar-refractivity contribution in [3.63, 3.8) is 0 Å². The Morgan fingerprint density at radius 3 is 2.67 bits per heavy atom. The van der Waals surface area contributed by atoms with Crippen molar-refractivity contribution >= 4 is 46.9 Å². The fraction of sp³-hybridized carbons (Fsp3) is 0.615. The van der Waals surface area contributed by atoms with E-state index in [0.717, 1.165) is 25.7 Å². The van der Waals surface area contributed by atoms with E-state index in [0.29, 0.717) is 65.4 Å². The van der Waals surface area contributed by atoms with Gasteiger partial charge in [0.15, 0.2) is 5.78 Å². The number of thioether (sulfide) groups is 1. The number of halogens is 1. The van der Waals surface area contributed by atoms with Gasteiger partial charge in [0.05, 0.1) is 17.7 Å². The van der Waals surface area contributed by atoms with E-state index >= 15 is 0 Å². The fourth-order valence-electron chi connectivity index (χ4n) is 10.7. The molecule has 9 atom stereocenters. The molecule has 1 aromatic heterocycles. The number of rotatable bonds is 9. The first kappa shape index (κ1) is 35.7. The number of hydrogen-bond acceptors (Lipinski definition) is 9. The van der Waals surface area contributed by atoms with Crippen LogP contribution < -0.4 is 10.1 Å². The Bertz CT molecular complexity index is 1860. The van der Waals surface area contributed by atoms with Crippen LogP contribution in [0.25, 0.3) is 11.3 Å². The minimum atomic E-state index is -1.07. The number of carboxylic acid groups (broad SMARTS) is 1. The maximum absolute atomic E-state index is 13.5. The van der Waals surface area contributed by atoms with Crippen LogP contribution in [0.1, 0.15) is 88.3 Å². The predicted octanol–water partition coefficient (Wildman–Crippen LogP) is 6.45. The Hall–Kier alpha value is -3.35. The first-order valence-electron chi connectivity index (χ1n) is 18.6. The van der Waals surface area contributed by atoms with Gasteiger partial charge in [0, 0.05) is 16.7 Å². The molecule has 52 heavy (non-hydrogen) atoms. The van der Waals surface area contributed by atoms with Crippen LogP contribution in [0.2, 0.25) is 5.02 Å². The molecule has 0 radical (unpaired) electrons. The summed E-state index contributed by atoms with van der Waals surface area (Å²) >= 11 is 8.03. The van der Waals surface area contributed by atoms with Gasteiger partial charge in [0.25, 0.3) is 5.91 Å². The van der Waals surface area contributed by atoms with Gasteiger partial charge in [0.2, 0.25) is 5.91 Å². The second-order valence-corrected chi connectivity index (χ2v) is 18.5. The highest BCUT2D eigenvalue weighted by atomic mass is 35.5. The molecule has 1 aromatic carbocycles. The Labute approximate surface area is 312 Å². The lowest BCUT2D eigenvalue weighted by molar-refractivity contribution is -0.159. The molecule has 2 aromatic rings. The first-order chi connectivity index (χ1) is 24.8. The number of carboxylic acids is 1. The average Bonchev–Trinajstić information content (AvgIpc) is 3.74. The SMILES string of the molecule is Cc1onc(-c2ccc(OCCOC3CCC4C5CCC6=CC(=O)CCC6C5CCC34C)c(Cl)c2)c1C(=O)NC1C(=O)N2C1SC(C)(C)C2C(=O)O. The molecule has 0 bridgehead atoms. The zero-order valence-corrected chi connectivity index (χ0v) is 31.6. The number of allylic oxidation sites excluding steroid dienone is 1. The van der Waals surface area contributed by atoms with Crippen molar-refractivity contribution in [2.75, 3.05) is 13.2 Å². The van der Waals surface area contributed by atoms with Gasteiger partial charge in [-0.05, 0) is 119 Å². The third-order valence-corrected chi connectivity index (χ3v) is 15.0. The number of ether oxygens (including phenoxy) is 2. The lowest BCUT2D eigenvalue weighted by Gasteiger charge is -2.53. The summed E-state index contributed by atoms with van der Waals surface area (Å²) in [7, 11) is 0. The summed E-state index contributed by atoms with van der Waals surface area (Å²) in [5, 5.41) is 16.5. The minimum Gasteiger partial charge on any atom is -0.490 e. The molecule has 4 aliphatic carbocycles. The van der Waals surface area contributed by atoms with Crippen LogP contribution in [0.3, 0.4) is 0 Å². The van der Waals surface area contributed by atoms with Crippen molar-refractivity contribution in [3.8, 4) is 17.0 Å². The molecule has 2 N–H and O–H groups in total. The number of carbonyl (C=O) groups is 4. The van der Waals surface area contributed by atoms with Gasteiger partial charge in [-0.1, -0.05) is 29.3 Å². The lowest BCUT2D eigenvalue weighted by atomic mass is 9.52. The van der Waals surface area contributed by atoms with Gasteiger partial charge in [-0.15, -0.1) is 11.8 Å². The zero-order valence-electron chi connectivity index (χ0n) is 30.0. The number of aryl methyl sites for hydroxylation is 1. The second-order valence-electron chi connectivity index (χ2n) is 16.3. The first-order valence-corrected chi connectivity index (χ1v) is 19.8. The van der Waals surface area contributed by atoms with Crippen molar-refractivity contribution in [1.29, 1.82) is 0 Å². The normalized spacial score (nSPS) is 34.4. The van der Waals surface area contributed by atoms with Gasteiger partial charge in [-0.25, -0.2) is 4.79 Å². The molecule has 278 valence electrons.